The molecule has 0 bridgehead atoms. The van der Waals surface area contributed by atoms with E-state index < -0.39 is 0 Å². The highest BCUT2D eigenvalue weighted by molar-refractivity contribution is 9.10. The van der Waals surface area contributed by atoms with E-state index in [1.807, 2.05) is 55.5 Å². The maximum Gasteiger partial charge on any atom is 0.323 e. The highest BCUT2D eigenvalue weighted by Crippen LogP contribution is 2.14. The molecule has 0 unspecified atom stereocenters. The van der Waals surface area contributed by atoms with Crippen molar-refractivity contribution >= 4 is 33.3 Å². The number of carbonyl (C=O) groups excluding carboxylic acids is 1. The molecule has 2 N–H and O–H groups in total. The van der Waals surface area contributed by atoms with Crippen LogP contribution in [0.25, 0.3) is 0 Å². The van der Waals surface area contributed by atoms with Gasteiger partial charge in [-0.1, -0.05) is 40.2 Å². The van der Waals surface area contributed by atoms with Gasteiger partial charge in [0.25, 0.3) is 0 Å². The SMILES string of the molecule is Cc1cccc(NC(=O)Nc2cnn(Cc3ccc(Br)cc3)c2)c1. The van der Waals surface area contributed by atoms with E-state index in [1.54, 1.807) is 17.1 Å². The van der Waals surface area contributed by atoms with Crippen LogP contribution in [0.5, 0.6) is 0 Å². The number of carbonyl (C=O) groups is 1. The first-order valence-electron chi connectivity index (χ1n) is 7.50. The zero-order valence-electron chi connectivity index (χ0n) is 13.2. The van der Waals surface area contributed by atoms with Crippen LogP contribution in [-0.4, -0.2) is 15.8 Å². The van der Waals surface area contributed by atoms with Gasteiger partial charge in [0.15, 0.2) is 0 Å². The second kappa shape index (κ2) is 7.31. The van der Waals surface area contributed by atoms with Crippen molar-refractivity contribution in [3.63, 3.8) is 0 Å². The van der Waals surface area contributed by atoms with E-state index in [-0.39, 0.29) is 6.03 Å². The fraction of sp³-hybridized carbons (Fsp3) is 0.111. The van der Waals surface area contributed by atoms with Crippen molar-refractivity contribution in [2.75, 3.05) is 10.6 Å². The number of aryl methyl sites for hydroxylation is 1. The molecule has 0 radical (unpaired) electrons. The van der Waals surface area contributed by atoms with Crippen LogP contribution in [-0.2, 0) is 6.54 Å². The molecule has 0 fully saturated rings. The van der Waals surface area contributed by atoms with Crippen LogP contribution in [0.4, 0.5) is 16.2 Å². The quantitative estimate of drug-likeness (QED) is 0.687. The summed E-state index contributed by atoms with van der Waals surface area (Å²) in [6, 6.07) is 15.4. The Morgan fingerprint density at radius 1 is 1.12 bits per heavy atom. The van der Waals surface area contributed by atoms with Gasteiger partial charge in [-0.2, -0.15) is 5.10 Å². The highest BCUT2D eigenvalue weighted by Gasteiger charge is 2.05. The average molecular weight is 385 g/mol. The molecule has 0 saturated heterocycles. The summed E-state index contributed by atoms with van der Waals surface area (Å²) in [5.41, 5.74) is 3.64. The summed E-state index contributed by atoms with van der Waals surface area (Å²) < 4.78 is 2.83. The first-order valence-corrected chi connectivity index (χ1v) is 8.29. The first kappa shape index (κ1) is 16.3. The van der Waals surface area contributed by atoms with E-state index in [9.17, 15) is 4.79 Å². The van der Waals surface area contributed by atoms with Crippen LogP contribution in [0.3, 0.4) is 0 Å². The van der Waals surface area contributed by atoms with Crippen molar-refractivity contribution in [2.45, 2.75) is 13.5 Å². The summed E-state index contributed by atoms with van der Waals surface area (Å²) in [7, 11) is 0. The van der Waals surface area contributed by atoms with Gasteiger partial charge in [-0.15, -0.1) is 0 Å². The lowest BCUT2D eigenvalue weighted by molar-refractivity contribution is 0.262. The van der Waals surface area contributed by atoms with Gasteiger partial charge in [0, 0.05) is 16.4 Å². The number of hydrogen-bond acceptors (Lipinski definition) is 2. The van der Waals surface area contributed by atoms with Crippen molar-refractivity contribution in [3.8, 4) is 0 Å². The van der Waals surface area contributed by atoms with Crippen LogP contribution in [0, 0.1) is 6.92 Å². The molecular formula is C18H17BrN4O. The molecule has 2 amide bonds. The number of rotatable bonds is 4. The number of aromatic nitrogens is 2. The monoisotopic (exact) mass is 384 g/mol. The number of anilines is 2. The topological polar surface area (TPSA) is 59.0 Å². The first-order chi connectivity index (χ1) is 11.6. The molecule has 3 aromatic rings. The van der Waals surface area contributed by atoms with Crippen LogP contribution >= 0.6 is 15.9 Å². The van der Waals surface area contributed by atoms with Crippen LogP contribution < -0.4 is 10.6 Å². The molecule has 0 atom stereocenters. The Kier molecular flexibility index (Phi) is 4.96. The Morgan fingerprint density at radius 2 is 1.88 bits per heavy atom. The minimum atomic E-state index is -0.288. The Morgan fingerprint density at radius 3 is 2.62 bits per heavy atom. The van der Waals surface area contributed by atoms with Gasteiger partial charge in [-0.3, -0.25) is 4.68 Å². The number of nitrogens with one attached hydrogen (secondary N) is 2. The van der Waals surface area contributed by atoms with Crippen LogP contribution in [0.1, 0.15) is 11.1 Å². The molecule has 5 nitrogen and oxygen atoms in total. The Bertz CT molecular complexity index is 842. The summed E-state index contributed by atoms with van der Waals surface area (Å²) in [6.45, 7) is 2.63. The van der Waals surface area contributed by atoms with Crippen molar-refractivity contribution < 1.29 is 4.79 Å². The number of nitrogens with zero attached hydrogens (tertiary/aromatic N) is 2. The van der Waals surface area contributed by atoms with Gasteiger partial charge in [-0.05, 0) is 42.3 Å². The van der Waals surface area contributed by atoms with Gasteiger partial charge in [0.05, 0.1) is 18.4 Å². The van der Waals surface area contributed by atoms with E-state index in [0.717, 1.165) is 21.3 Å². The van der Waals surface area contributed by atoms with E-state index >= 15 is 0 Å². The van der Waals surface area contributed by atoms with Crippen LogP contribution in [0.15, 0.2) is 65.4 Å². The fourth-order valence-electron chi connectivity index (χ4n) is 2.31. The van der Waals surface area contributed by atoms with Gasteiger partial charge < -0.3 is 10.6 Å². The third-order valence-corrected chi connectivity index (χ3v) is 3.95. The third kappa shape index (κ3) is 4.45. The summed E-state index contributed by atoms with van der Waals surface area (Å²) in [5, 5.41) is 9.86. The molecule has 24 heavy (non-hydrogen) atoms. The standard InChI is InChI=1S/C18H17BrN4O/c1-13-3-2-4-16(9-13)21-18(24)22-17-10-20-23(12-17)11-14-5-7-15(19)8-6-14/h2-10,12H,11H2,1H3,(H2,21,22,24). The molecular weight excluding hydrogens is 368 g/mol. The molecule has 0 aliphatic heterocycles. The Balaban J connectivity index is 1.59. The fourth-order valence-corrected chi connectivity index (χ4v) is 2.57. The van der Waals surface area contributed by atoms with Gasteiger partial charge >= 0.3 is 6.03 Å². The van der Waals surface area contributed by atoms with Crippen LogP contribution in [0.2, 0.25) is 0 Å². The Labute approximate surface area is 148 Å². The molecule has 0 aliphatic rings. The lowest BCUT2D eigenvalue weighted by Crippen LogP contribution is -2.19. The molecule has 1 heterocycles. The molecule has 0 spiro atoms. The molecule has 0 aliphatic carbocycles. The van der Waals surface area contributed by atoms with Crippen molar-refractivity contribution in [2.24, 2.45) is 0 Å². The lowest BCUT2D eigenvalue weighted by atomic mass is 10.2. The summed E-state index contributed by atoms with van der Waals surface area (Å²) in [4.78, 5) is 12.0. The minimum absolute atomic E-state index is 0.288. The zero-order chi connectivity index (χ0) is 16.9. The summed E-state index contributed by atoms with van der Waals surface area (Å²) >= 11 is 3.42. The maximum atomic E-state index is 12.0. The van der Waals surface area contributed by atoms with Crippen molar-refractivity contribution in [1.82, 2.24) is 9.78 Å². The maximum absolute atomic E-state index is 12.0. The number of urea groups is 1. The third-order valence-electron chi connectivity index (χ3n) is 3.42. The molecule has 3 rings (SSSR count). The summed E-state index contributed by atoms with van der Waals surface area (Å²) in [5.74, 6) is 0. The molecule has 122 valence electrons. The molecule has 6 heteroatoms. The second-order valence-electron chi connectivity index (χ2n) is 5.50. The lowest BCUT2D eigenvalue weighted by Gasteiger charge is -2.06. The minimum Gasteiger partial charge on any atom is -0.308 e. The average Bonchev–Trinajstić information content (AvgIpc) is 2.96. The second-order valence-corrected chi connectivity index (χ2v) is 6.42. The number of amides is 2. The predicted molar refractivity (Wildman–Crippen MR) is 99.3 cm³/mol. The number of benzene rings is 2. The van der Waals surface area contributed by atoms with Gasteiger partial charge in [0.2, 0.25) is 0 Å². The number of halogens is 1. The smallest absolute Gasteiger partial charge is 0.308 e. The van der Waals surface area contributed by atoms with Crippen molar-refractivity contribution in [3.05, 3.63) is 76.5 Å². The molecule has 0 saturated carbocycles. The van der Waals surface area contributed by atoms with E-state index in [1.165, 1.54) is 0 Å². The van der Waals surface area contributed by atoms with E-state index in [2.05, 4.69) is 31.7 Å². The molecule has 2 aromatic carbocycles. The normalized spacial score (nSPS) is 10.4. The predicted octanol–water partition coefficient (Wildman–Crippen LogP) is 4.65. The number of hydrogen-bond donors (Lipinski definition) is 2. The summed E-state index contributed by atoms with van der Waals surface area (Å²) in [6.07, 6.45) is 3.44. The highest BCUT2D eigenvalue weighted by atomic mass is 79.9. The molecule has 1 aromatic heterocycles. The Hall–Kier alpha value is -2.60. The van der Waals surface area contributed by atoms with Gasteiger partial charge in [-0.25, -0.2) is 4.79 Å². The van der Waals surface area contributed by atoms with Gasteiger partial charge in [0.1, 0.15) is 0 Å². The van der Waals surface area contributed by atoms with E-state index in [0.29, 0.717) is 12.2 Å². The zero-order valence-corrected chi connectivity index (χ0v) is 14.7. The van der Waals surface area contributed by atoms with E-state index in [4.69, 9.17) is 0 Å². The largest absolute Gasteiger partial charge is 0.323 e. The van der Waals surface area contributed by atoms with Crippen molar-refractivity contribution in [1.29, 1.82) is 0 Å².